The van der Waals surface area contributed by atoms with Crippen molar-refractivity contribution >= 4 is 17.2 Å². The largest absolute Gasteiger partial charge is 0.483 e. The number of benzene rings is 2. The number of para-hydroxylation sites is 1. The topological polar surface area (TPSA) is 77.6 Å². The van der Waals surface area contributed by atoms with Crippen LogP contribution in [0.25, 0.3) is 5.65 Å². The molecule has 7 heteroatoms. The zero-order chi connectivity index (χ0) is 20.2. The van der Waals surface area contributed by atoms with Gasteiger partial charge in [-0.1, -0.05) is 36.4 Å². The van der Waals surface area contributed by atoms with E-state index in [1.807, 2.05) is 55.5 Å². The number of hydrogen-bond acceptors (Lipinski definition) is 4. The molecule has 29 heavy (non-hydrogen) atoms. The first kappa shape index (κ1) is 18.5. The fourth-order valence-corrected chi connectivity index (χ4v) is 3.05. The highest BCUT2D eigenvalue weighted by molar-refractivity contribution is 5.91. The van der Waals surface area contributed by atoms with E-state index in [9.17, 15) is 9.59 Å². The molecule has 0 aliphatic heterocycles. The number of aromatic nitrogens is 3. The first-order chi connectivity index (χ1) is 14.1. The van der Waals surface area contributed by atoms with Gasteiger partial charge in [0.25, 0.3) is 5.91 Å². The number of hydrogen-bond donors (Lipinski definition) is 1. The molecule has 0 spiro atoms. The monoisotopic (exact) mass is 388 g/mol. The van der Waals surface area contributed by atoms with Gasteiger partial charge in [0, 0.05) is 11.9 Å². The van der Waals surface area contributed by atoms with Gasteiger partial charge < -0.3 is 10.1 Å². The number of carbonyl (C=O) groups excluding carboxylic acids is 1. The van der Waals surface area contributed by atoms with E-state index < -0.39 is 0 Å². The second-order valence-corrected chi connectivity index (χ2v) is 6.67. The molecule has 7 nitrogen and oxygen atoms in total. The summed E-state index contributed by atoms with van der Waals surface area (Å²) in [5, 5.41) is 7.15. The Bertz CT molecular complexity index is 1230. The van der Waals surface area contributed by atoms with Crippen molar-refractivity contribution in [2.45, 2.75) is 13.5 Å². The Morgan fingerprint density at radius 2 is 1.90 bits per heavy atom. The third-order valence-electron chi connectivity index (χ3n) is 4.48. The molecule has 2 aromatic heterocycles. The zero-order valence-electron chi connectivity index (χ0n) is 15.9. The molecule has 0 saturated carbocycles. The maximum atomic E-state index is 12.4. The molecule has 4 rings (SSSR count). The van der Waals surface area contributed by atoms with E-state index in [0.717, 1.165) is 11.1 Å². The number of fused-ring (bicyclic) bond motifs is 1. The lowest BCUT2D eigenvalue weighted by atomic mass is 10.2. The first-order valence-corrected chi connectivity index (χ1v) is 9.21. The molecule has 0 radical (unpaired) electrons. The molecule has 146 valence electrons. The Kier molecular flexibility index (Phi) is 5.11. The van der Waals surface area contributed by atoms with Crippen molar-refractivity contribution in [3.8, 4) is 5.75 Å². The van der Waals surface area contributed by atoms with E-state index in [1.165, 1.54) is 9.08 Å². The number of pyridine rings is 1. The number of ether oxygens (including phenoxy) is 1. The summed E-state index contributed by atoms with van der Waals surface area (Å²) in [7, 11) is 0. The Morgan fingerprint density at radius 1 is 1.07 bits per heavy atom. The van der Waals surface area contributed by atoms with Crippen molar-refractivity contribution in [2.75, 3.05) is 11.9 Å². The van der Waals surface area contributed by atoms with Crippen LogP contribution in [0, 0.1) is 6.92 Å². The van der Waals surface area contributed by atoms with Crippen molar-refractivity contribution in [1.29, 1.82) is 0 Å². The third-order valence-corrected chi connectivity index (χ3v) is 4.48. The number of rotatable bonds is 6. The average molecular weight is 388 g/mol. The maximum Gasteiger partial charge on any atom is 0.350 e. The minimum atomic E-state index is -0.254. The van der Waals surface area contributed by atoms with Gasteiger partial charge in [0.15, 0.2) is 12.3 Å². The Labute approximate surface area is 167 Å². The summed E-state index contributed by atoms with van der Waals surface area (Å²) < 4.78 is 8.47. The molecule has 0 saturated heterocycles. The van der Waals surface area contributed by atoms with Gasteiger partial charge in [0.2, 0.25) is 0 Å². The van der Waals surface area contributed by atoms with E-state index in [-0.39, 0.29) is 18.2 Å². The maximum absolute atomic E-state index is 12.4. The lowest BCUT2D eigenvalue weighted by Gasteiger charge is -2.10. The lowest BCUT2D eigenvalue weighted by Crippen LogP contribution is -2.22. The van der Waals surface area contributed by atoms with Gasteiger partial charge in [-0.15, -0.1) is 5.10 Å². The van der Waals surface area contributed by atoms with E-state index in [1.54, 1.807) is 24.4 Å². The molecule has 4 aromatic rings. The summed E-state index contributed by atoms with van der Waals surface area (Å²) in [5.74, 6) is 0.429. The van der Waals surface area contributed by atoms with Crippen LogP contribution in [0.5, 0.6) is 5.75 Å². The molecular formula is C22H20N4O3. The van der Waals surface area contributed by atoms with E-state index >= 15 is 0 Å². The molecule has 0 bridgehead atoms. The standard InChI is InChI=1S/C22H20N4O3/c1-16-7-2-3-10-19(16)29-15-21(27)23-18-9-6-8-17(13-18)14-26-22(28)25-12-5-4-11-20(25)24-26/h2-13H,14-15H2,1H3,(H,23,27). The molecule has 1 N–H and O–H groups in total. The number of anilines is 1. The number of nitrogens with one attached hydrogen (secondary N) is 1. The Balaban J connectivity index is 1.43. The van der Waals surface area contributed by atoms with Gasteiger partial charge >= 0.3 is 5.69 Å². The average Bonchev–Trinajstić information content (AvgIpc) is 3.03. The highest BCUT2D eigenvalue weighted by Gasteiger charge is 2.09. The number of aryl methyl sites for hydroxylation is 1. The van der Waals surface area contributed by atoms with Crippen LogP contribution >= 0.6 is 0 Å². The van der Waals surface area contributed by atoms with Crippen LogP contribution in [0.2, 0.25) is 0 Å². The van der Waals surface area contributed by atoms with Crippen LogP contribution in [0.15, 0.2) is 77.7 Å². The molecule has 0 atom stereocenters. The van der Waals surface area contributed by atoms with E-state index in [2.05, 4.69) is 10.4 Å². The Morgan fingerprint density at radius 3 is 2.72 bits per heavy atom. The Hall–Kier alpha value is -3.87. The summed E-state index contributed by atoms with van der Waals surface area (Å²) in [6.07, 6.45) is 1.69. The minimum Gasteiger partial charge on any atom is -0.483 e. The second kappa shape index (κ2) is 8.02. The van der Waals surface area contributed by atoms with Gasteiger partial charge in [-0.2, -0.15) is 0 Å². The van der Waals surface area contributed by atoms with E-state index in [4.69, 9.17) is 4.74 Å². The highest BCUT2D eigenvalue weighted by atomic mass is 16.5. The quantitative estimate of drug-likeness (QED) is 0.551. The van der Waals surface area contributed by atoms with Crippen molar-refractivity contribution < 1.29 is 9.53 Å². The summed E-state index contributed by atoms with van der Waals surface area (Å²) in [6, 6.07) is 20.3. The van der Waals surface area contributed by atoms with Gasteiger partial charge in [-0.25, -0.2) is 9.48 Å². The summed E-state index contributed by atoms with van der Waals surface area (Å²) in [5.41, 5.74) is 2.85. The number of nitrogens with zero attached hydrogens (tertiary/aromatic N) is 3. The van der Waals surface area contributed by atoms with Crippen LogP contribution in [0.1, 0.15) is 11.1 Å². The molecule has 0 unspecified atom stereocenters. The fraction of sp³-hybridized carbons (Fsp3) is 0.136. The third kappa shape index (κ3) is 4.19. The summed E-state index contributed by atoms with van der Waals surface area (Å²) in [6.45, 7) is 2.16. The SMILES string of the molecule is Cc1ccccc1OCC(=O)Nc1cccc(Cn2nc3ccccn3c2=O)c1. The molecule has 0 fully saturated rings. The van der Waals surface area contributed by atoms with Gasteiger partial charge in [0.1, 0.15) is 5.75 Å². The first-order valence-electron chi connectivity index (χ1n) is 9.21. The fourth-order valence-electron chi connectivity index (χ4n) is 3.05. The van der Waals surface area contributed by atoms with E-state index in [0.29, 0.717) is 23.6 Å². The predicted molar refractivity (Wildman–Crippen MR) is 110 cm³/mol. The molecule has 0 aliphatic carbocycles. The molecule has 2 aromatic carbocycles. The lowest BCUT2D eigenvalue weighted by molar-refractivity contribution is -0.118. The highest BCUT2D eigenvalue weighted by Crippen LogP contribution is 2.16. The summed E-state index contributed by atoms with van der Waals surface area (Å²) >= 11 is 0. The zero-order valence-corrected chi connectivity index (χ0v) is 15.9. The van der Waals surface area contributed by atoms with Crippen LogP contribution in [0.4, 0.5) is 5.69 Å². The number of carbonyl (C=O) groups is 1. The van der Waals surface area contributed by atoms with Gasteiger partial charge in [0.05, 0.1) is 6.54 Å². The molecular weight excluding hydrogens is 368 g/mol. The second-order valence-electron chi connectivity index (χ2n) is 6.67. The summed E-state index contributed by atoms with van der Waals surface area (Å²) in [4.78, 5) is 24.7. The van der Waals surface area contributed by atoms with Crippen LogP contribution < -0.4 is 15.7 Å². The van der Waals surface area contributed by atoms with Crippen molar-refractivity contribution in [3.63, 3.8) is 0 Å². The van der Waals surface area contributed by atoms with Crippen LogP contribution in [-0.2, 0) is 11.3 Å². The predicted octanol–water partition coefficient (Wildman–Crippen LogP) is 2.87. The van der Waals surface area contributed by atoms with Crippen molar-refractivity contribution in [3.05, 3.63) is 94.5 Å². The van der Waals surface area contributed by atoms with Gasteiger partial charge in [-0.05, 0) is 48.4 Å². The number of amides is 1. The normalized spacial score (nSPS) is 10.8. The molecule has 1 amide bonds. The van der Waals surface area contributed by atoms with Crippen LogP contribution in [0.3, 0.4) is 0 Å². The molecule has 2 heterocycles. The van der Waals surface area contributed by atoms with Crippen molar-refractivity contribution in [2.24, 2.45) is 0 Å². The smallest absolute Gasteiger partial charge is 0.350 e. The molecule has 0 aliphatic rings. The van der Waals surface area contributed by atoms with Gasteiger partial charge in [-0.3, -0.25) is 9.20 Å². The van der Waals surface area contributed by atoms with Crippen molar-refractivity contribution in [1.82, 2.24) is 14.2 Å². The minimum absolute atomic E-state index is 0.0824. The van der Waals surface area contributed by atoms with Crippen LogP contribution in [-0.4, -0.2) is 26.7 Å².